The molecule has 0 fully saturated rings. The molecule has 0 saturated carbocycles. The quantitative estimate of drug-likeness (QED) is 0.706. The molecule has 106 valence electrons. The minimum absolute atomic E-state index is 0.0847. The van der Waals surface area contributed by atoms with Crippen LogP contribution in [0.1, 0.15) is 20.3 Å². The molecule has 0 bridgehead atoms. The Morgan fingerprint density at radius 3 is 2.74 bits per heavy atom. The van der Waals surface area contributed by atoms with E-state index in [2.05, 4.69) is 10.6 Å². The first-order valence-corrected chi connectivity index (χ1v) is 6.42. The van der Waals surface area contributed by atoms with E-state index in [4.69, 9.17) is 5.11 Å². The van der Waals surface area contributed by atoms with E-state index in [1.807, 2.05) is 13.8 Å². The van der Waals surface area contributed by atoms with Crippen molar-refractivity contribution in [2.75, 3.05) is 18.5 Å². The van der Waals surface area contributed by atoms with Gasteiger partial charge in [0.05, 0.1) is 6.54 Å². The number of amides is 1. The van der Waals surface area contributed by atoms with Crippen molar-refractivity contribution in [1.82, 2.24) is 5.32 Å². The highest BCUT2D eigenvalue weighted by Gasteiger charge is 2.13. The summed E-state index contributed by atoms with van der Waals surface area (Å²) >= 11 is 0. The van der Waals surface area contributed by atoms with Gasteiger partial charge in [0.1, 0.15) is 5.82 Å². The van der Waals surface area contributed by atoms with Gasteiger partial charge in [-0.15, -0.1) is 0 Å². The fraction of sp³-hybridized carbons (Fsp3) is 0.500. The largest absolute Gasteiger partial charge is 0.396 e. The van der Waals surface area contributed by atoms with Gasteiger partial charge in [0.15, 0.2) is 0 Å². The van der Waals surface area contributed by atoms with Crippen molar-refractivity contribution in [1.29, 1.82) is 0 Å². The Morgan fingerprint density at radius 2 is 2.16 bits per heavy atom. The molecule has 0 heterocycles. The predicted molar refractivity (Wildman–Crippen MR) is 73.4 cm³/mol. The normalized spacial score (nSPS) is 12.5. The van der Waals surface area contributed by atoms with Gasteiger partial charge in [-0.25, -0.2) is 4.39 Å². The minimum atomic E-state index is -0.383. The summed E-state index contributed by atoms with van der Waals surface area (Å²) < 4.78 is 12.9. The predicted octanol–water partition coefficient (Wildman–Crippen LogP) is 1.76. The summed E-state index contributed by atoms with van der Waals surface area (Å²) in [7, 11) is 0. The average molecular weight is 268 g/mol. The van der Waals surface area contributed by atoms with Crippen molar-refractivity contribution in [3.8, 4) is 0 Å². The fourth-order valence-electron chi connectivity index (χ4n) is 1.81. The van der Waals surface area contributed by atoms with E-state index in [-0.39, 0.29) is 30.9 Å². The van der Waals surface area contributed by atoms with Crippen LogP contribution in [-0.4, -0.2) is 30.2 Å². The summed E-state index contributed by atoms with van der Waals surface area (Å²) in [4.78, 5) is 11.7. The van der Waals surface area contributed by atoms with Crippen LogP contribution in [0.25, 0.3) is 0 Å². The molecule has 0 radical (unpaired) electrons. The maximum Gasteiger partial charge on any atom is 0.238 e. The van der Waals surface area contributed by atoms with E-state index in [0.29, 0.717) is 18.0 Å². The Bertz CT molecular complexity index is 410. The van der Waals surface area contributed by atoms with Crippen LogP contribution in [0.5, 0.6) is 0 Å². The maximum atomic E-state index is 12.9. The summed E-state index contributed by atoms with van der Waals surface area (Å²) in [5, 5.41) is 14.6. The van der Waals surface area contributed by atoms with Gasteiger partial charge in [-0.2, -0.15) is 0 Å². The van der Waals surface area contributed by atoms with Crippen LogP contribution in [0, 0.1) is 11.7 Å². The topological polar surface area (TPSA) is 61.4 Å². The summed E-state index contributed by atoms with van der Waals surface area (Å²) in [6, 6.07) is 5.86. The first-order chi connectivity index (χ1) is 9.02. The molecule has 5 heteroatoms. The molecule has 1 aromatic rings. The van der Waals surface area contributed by atoms with Gasteiger partial charge >= 0.3 is 0 Å². The maximum absolute atomic E-state index is 12.9. The van der Waals surface area contributed by atoms with Gasteiger partial charge in [-0.1, -0.05) is 19.9 Å². The molecule has 1 aromatic carbocycles. The Hall–Kier alpha value is -1.46. The summed E-state index contributed by atoms with van der Waals surface area (Å²) in [5.74, 6) is -0.283. The fourth-order valence-corrected chi connectivity index (χ4v) is 1.81. The molecule has 0 aromatic heterocycles. The lowest BCUT2D eigenvalue weighted by molar-refractivity contribution is -0.115. The molecule has 3 N–H and O–H groups in total. The Morgan fingerprint density at radius 1 is 1.42 bits per heavy atom. The summed E-state index contributed by atoms with van der Waals surface area (Å²) in [5.41, 5.74) is 0.440. The molecular formula is C14H21FN2O2. The van der Waals surface area contributed by atoms with E-state index < -0.39 is 0 Å². The van der Waals surface area contributed by atoms with Gasteiger partial charge in [0.2, 0.25) is 5.91 Å². The van der Waals surface area contributed by atoms with Crippen LogP contribution in [0.4, 0.5) is 10.1 Å². The number of anilines is 1. The van der Waals surface area contributed by atoms with E-state index in [1.54, 1.807) is 12.1 Å². The zero-order valence-corrected chi connectivity index (χ0v) is 11.3. The van der Waals surface area contributed by atoms with Crippen LogP contribution in [0.3, 0.4) is 0 Å². The molecule has 1 rings (SSSR count). The van der Waals surface area contributed by atoms with Crippen LogP contribution < -0.4 is 10.6 Å². The SMILES string of the molecule is CC(C)C(CCO)NCC(=O)Nc1cccc(F)c1. The first-order valence-electron chi connectivity index (χ1n) is 6.42. The third-order valence-corrected chi connectivity index (χ3v) is 2.88. The summed E-state index contributed by atoms with van der Waals surface area (Å²) in [6.07, 6.45) is 0.602. The van der Waals surface area contributed by atoms with Gasteiger partial charge in [0.25, 0.3) is 0 Å². The van der Waals surface area contributed by atoms with E-state index >= 15 is 0 Å². The van der Waals surface area contributed by atoms with Gasteiger partial charge in [0, 0.05) is 18.3 Å². The van der Waals surface area contributed by atoms with Crippen LogP contribution in [0.15, 0.2) is 24.3 Å². The molecule has 0 saturated heterocycles. The monoisotopic (exact) mass is 268 g/mol. The molecule has 1 atom stereocenters. The van der Waals surface area contributed by atoms with Crippen LogP contribution in [-0.2, 0) is 4.79 Å². The van der Waals surface area contributed by atoms with Crippen molar-refractivity contribution in [3.63, 3.8) is 0 Å². The number of hydrogen-bond donors (Lipinski definition) is 3. The van der Waals surface area contributed by atoms with Gasteiger partial charge in [-0.05, 0) is 30.5 Å². The van der Waals surface area contributed by atoms with Crippen molar-refractivity contribution in [3.05, 3.63) is 30.1 Å². The second-order valence-corrected chi connectivity index (χ2v) is 4.80. The second-order valence-electron chi connectivity index (χ2n) is 4.80. The molecule has 0 aliphatic heterocycles. The van der Waals surface area contributed by atoms with Crippen LogP contribution in [0.2, 0.25) is 0 Å². The highest BCUT2D eigenvalue weighted by molar-refractivity contribution is 5.92. The van der Waals surface area contributed by atoms with E-state index in [0.717, 1.165) is 0 Å². The van der Waals surface area contributed by atoms with Crippen molar-refractivity contribution in [2.45, 2.75) is 26.3 Å². The standard InChI is InChI=1S/C14H21FN2O2/c1-10(2)13(6-7-18)16-9-14(19)17-12-5-3-4-11(15)8-12/h3-5,8,10,13,16,18H,6-7,9H2,1-2H3,(H,17,19). The minimum Gasteiger partial charge on any atom is -0.396 e. The number of aliphatic hydroxyl groups excluding tert-OH is 1. The second kappa shape index (κ2) is 7.86. The summed E-state index contributed by atoms with van der Waals surface area (Å²) in [6.45, 7) is 4.27. The molecule has 0 spiro atoms. The Kier molecular flexibility index (Phi) is 6.45. The number of aliphatic hydroxyl groups is 1. The molecule has 1 unspecified atom stereocenters. The lowest BCUT2D eigenvalue weighted by Gasteiger charge is -2.21. The van der Waals surface area contributed by atoms with Crippen molar-refractivity contribution >= 4 is 11.6 Å². The lowest BCUT2D eigenvalue weighted by atomic mass is 10.0. The van der Waals surface area contributed by atoms with Gasteiger partial charge < -0.3 is 15.7 Å². The number of benzene rings is 1. The number of rotatable bonds is 7. The van der Waals surface area contributed by atoms with Gasteiger partial charge in [-0.3, -0.25) is 4.79 Å². The number of nitrogens with one attached hydrogen (secondary N) is 2. The van der Waals surface area contributed by atoms with Crippen molar-refractivity contribution < 1.29 is 14.3 Å². The zero-order valence-electron chi connectivity index (χ0n) is 11.3. The van der Waals surface area contributed by atoms with E-state index in [9.17, 15) is 9.18 Å². The molecule has 4 nitrogen and oxygen atoms in total. The lowest BCUT2D eigenvalue weighted by Crippen LogP contribution is -2.39. The zero-order chi connectivity index (χ0) is 14.3. The first kappa shape index (κ1) is 15.6. The molecule has 1 amide bonds. The Balaban J connectivity index is 2.42. The highest BCUT2D eigenvalue weighted by atomic mass is 19.1. The molecule has 19 heavy (non-hydrogen) atoms. The number of hydrogen-bond acceptors (Lipinski definition) is 3. The smallest absolute Gasteiger partial charge is 0.238 e. The highest BCUT2D eigenvalue weighted by Crippen LogP contribution is 2.09. The average Bonchev–Trinajstić information content (AvgIpc) is 2.34. The number of halogens is 1. The molecule has 0 aliphatic rings. The van der Waals surface area contributed by atoms with Crippen molar-refractivity contribution in [2.24, 2.45) is 5.92 Å². The third kappa shape index (κ3) is 5.81. The number of carbonyl (C=O) groups excluding carboxylic acids is 1. The van der Waals surface area contributed by atoms with Crippen LogP contribution >= 0.6 is 0 Å². The third-order valence-electron chi connectivity index (χ3n) is 2.88. The molecule has 0 aliphatic carbocycles. The molecular weight excluding hydrogens is 247 g/mol. The van der Waals surface area contributed by atoms with E-state index in [1.165, 1.54) is 12.1 Å². The Labute approximate surface area is 113 Å². The number of carbonyl (C=O) groups is 1.